The van der Waals surface area contributed by atoms with Crippen LogP contribution in [-0.4, -0.2) is 48.3 Å². The number of rotatable bonds is 4. The Labute approximate surface area is 166 Å². The van der Waals surface area contributed by atoms with E-state index in [2.05, 4.69) is 65.1 Å². The molecule has 1 aliphatic heterocycles. The van der Waals surface area contributed by atoms with Crippen LogP contribution in [0.5, 0.6) is 0 Å². The van der Waals surface area contributed by atoms with Crippen LogP contribution in [0.15, 0.2) is 22.7 Å². The average Bonchev–Trinajstić information content (AvgIpc) is 2.51. The molecular formula is C20H32BrN3O2. The lowest BCUT2D eigenvalue weighted by atomic mass is 10.1. The first kappa shape index (κ1) is 21.0. The van der Waals surface area contributed by atoms with Crippen LogP contribution >= 0.6 is 15.9 Å². The first-order valence-electron chi connectivity index (χ1n) is 9.33. The fourth-order valence-corrected chi connectivity index (χ4v) is 3.49. The van der Waals surface area contributed by atoms with Gasteiger partial charge in [0.1, 0.15) is 5.60 Å². The minimum atomic E-state index is -0.463. The number of nitrogens with zero attached hydrogens (tertiary/aromatic N) is 2. The molecule has 1 unspecified atom stereocenters. The van der Waals surface area contributed by atoms with Crippen LogP contribution in [0.25, 0.3) is 0 Å². The van der Waals surface area contributed by atoms with Crippen LogP contribution in [0.4, 0.5) is 10.5 Å². The summed E-state index contributed by atoms with van der Waals surface area (Å²) in [5.74, 6) is 0. The predicted molar refractivity (Wildman–Crippen MR) is 111 cm³/mol. The maximum atomic E-state index is 12.4. The van der Waals surface area contributed by atoms with Crippen LogP contribution in [0.1, 0.15) is 47.1 Å². The molecule has 1 amide bonds. The van der Waals surface area contributed by atoms with E-state index in [0.717, 1.165) is 24.1 Å². The van der Waals surface area contributed by atoms with Crippen molar-refractivity contribution in [2.45, 2.75) is 65.8 Å². The van der Waals surface area contributed by atoms with Gasteiger partial charge >= 0.3 is 6.09 Å². The molecule has 146 valence electrons. The molecule has 1 atom stereocenters. The molecule has 2 rings (SSSR count). The number of carbonyl (C=O) groups is 1. The monoisotopic (exact) mass is 425 g/mol. The molecule has 0 saturated carbocycles. The van der Waals surface area contributed by atoms with Gasteiger partial charge in [0.25, 0.3) is 0 Å². The molecule has 0 aromatic heterocycles. The van der Waals surface area contributed by atoms with E-state index in [4.69, 9.17) is 4.74 Å². The van der Waals surface area contributed by atoms with Crippen molar-refractivity contribution >= 4 is 27.7 Å². The van der Waals surface area contributed by atoms with Gasteiger partial charge in [-0.1, -0.05) is 29.8 Å². The summed E-state index contributed by atoms with van der Waals surface area (Å²) < 4.78 is 6.63. The number of benzene rings is 1. The Morgan fingerprint density at radius 2 is 2.04 bits per heavy atom. The van der Waals surface area contributed by atoms with Gasteiger partial charge in [0.05, 0.1) is 0 Å². The number of carbonyl (C=O) groups excluding carboxylic acids is 1. The van der Waals surface area contributed by atoms with E-state index in [1.165, 1.54) is 11.3 Å². The van der Waals surface area contributed by atoms with Gasteiger partial charge in [-0.15, -0.1) is 0 Å². The molecule has 1 heterocycles. The third-order valence-electron chi connectivity index (χ3n) is 4.34. The summed E-state index contributed by atoms with van der Waals surface area (Å²) in [7, 11) is 0. The number of piperazine rings is 1. The number of anilines is 1. The third kappa shape index (κ3) is 5.88. The first-order valence-corrected chi connectivity index (χ1v) is 10.1. The molecule has 0 aliphatic carbocycles. The summed E-state index contributed by atoms with van der Waals surface area (Å²) in [6.45, 7) is 15.2. The Morgan fingerprint density at radius 3 is 2.62 bits per heavy atom. The zero-order chi connectivity index (χ0) is 19.5. The van der Waals surface area contributed by atoms with Crippen molar-refractivity contribution in [3.05, 3.63) is 28.2 Å². The fraction of sp³-hybridized carbons (Fsp3) is 0.650. The molecule has 1 aromatic rings. The molecule has 0 radical (unpaired) electrons. The molecule has 1 fully saturated rings. The fourth-order valence-electron chi connectivity index (χ4n) is 3.09. The van der Waals surface area contributed by atoms with Crippen molar-refractivity contribution in [3.8, 4) is 0 Å². The van der Waals surface area contributed by atoms with Gasteiger partial charge in [0, 0.05) is 48.4 Å². The highest BCUT2D eigenvalue weighted by Gasteiger charge is 2.31. The van der Waals surface area contributed by atoms with Crippen LogP contribution in [0, 0.1) is 0 Å². The first-order chi connectivity index (χ1) is 12.1. The number of halogens is 1. The van der Waals surface area contributed by atoms with Gasteiger partial charge in [-0.2, -0.15) is 0 Å². The highest BCUT2D eigenvalue weighted by Crippen LogP contribution is 2.27. The van der Waals surface area contributed by atoms with Crippen LogP contribution in [0.3, 0.4) is 0 Å². The summed E-state index contributed by atoms with van der Waals surface area (Å²) in [6.07, 6.45) is -0.220. The smallest absolute Gasteiger partial charge is 0.410 e. The second kappa shape index (κ2) is 8.61. The molecule has 26 heavy (non-hydrogen) atoms. The van der Waals surface area contributed by atoms with Gasteiger partial charge in [0.2, 0.25) is 0 Å². The molecule has 1 aliphatic rings. The van der Waals surface area contributed by atoms with E-state index in [1.54, 1.807) is 0 Å². The Balaban J connectivity index is 2.09. The van der Waals surface area contributed by atoms with E-state index in [-0.39, 0.29) is 12.1 Å². The highest BCUT2D eigenvalue weighted by molar-refractivity contribution is 9.10. The summed E-state index contributed by atoms with van der Waals surface area (Å²) in [6, 6.07) is 6.96. The summed E-state index contributed by atoms with van der Waals surface area (Å²) in [5, 5.41) is 3.50. The van der Waals surface area contributed by atoms with Crippen molar-refractivity contribution in [2.75, 3.05) is 24.5 Å². The predicted octanol–water partition coefficient (Wildman–Crippen LogP) is 4.39. The quantitative estimate of drug-likeness (QED) is 0.776. The van der Waals surface area contributed by atoms with Crippen molar-refractivity contribution < 1.29 is 9.53 Å². The number of hydrogen-bond acceptors (Lipinski definition) is 4. The summed E-state index contributed by atoms with van der Waals surface area (Å²) in [5.41, 5.74) is 2.04. The topological polar surface area (TPSA) is 44.8 Å². The Bertz CT molecular complexity index is 628. The number of ether oxygens (including phenoxy) is 1. The molecule has 0 bridgehead atoms. The lowest BCUT2D eigenvalue weighted by Crippen LogP contribution is -2.55. The van der Waals surface area contributed by atoms with E-state index in [0.29, 0.717) is 12.6 Å². The summed E-state index contributed by atoms with van der Waals surface area (Å²) >= 11 is 3.58. The van der Waals surface area contributed by atoms with Gasteiger partial charge in [-0.05, 0) is 51.5 Å². The van der Waals surface area contributed by atoms with E-state index >= 15 is 0 Å². The van der Waals surface area contributed by atoms with E-state index < -0.39 is 5.60 Å². The van der Waals surface area contributed by atoms with Crippen molar-refractivity contribution in [1.82, 2.24) is 10.2 Å². The van der Waals surface area contributed by atoms with E-state index in [1.807, 2.05) is 25.7 Å². The maximum absolute atomic E-state index is 12.4. The summed E-state index contributed by atoms with van der Waals surface area (Å²) in [4.78, 5) is 16.6. The van der Waals surface area contributed by atoms with Crippen LogP contribution in [-0.2, 0) is 11.3 Å². The second-order valence-corrected chi connectivity index (χ2v) is 9.19. The number of nitrogens with one attached hydrogen (secondary N) is 1. The largest absolute Gasteiger partial charge is 0.444 e. The lowest BCUT2D eigenvalue weighted by Gasteiger charge is -2.41. The Hall–Kier alpha value is -1.27. The molecular weight excluding hydrogens is 394 g/mol. The van der Waals surface area contributed by atoms with Crippen molar-refractivity contribution in [3.63, 3.8) is 0 Å². The maximum Gasteiger partial charge on any atom is 0.410 e. The zero-order valence-corrected chi connectivity index (χ0v) is 18.4. The van der Waals surface area contributed by atoms with Gasteiger partial charge in [-0.3, -0.25) is 0 Å². The standard InChI is InChI=1S/C20H32BrN3O2/c1-14(2)22-12-16-11-17(21)7-8-18(16)23-9-10-24(15(3)13-23)19(25)26-20(4,5)6/h7-8,11,14-15,22H,9-10,12-13H2,1-6H3. The minimum Gasteiger partial charge on any atom is -0.444 e. The molecule has 5 nitrogen and oxygen atoms in total. The zero-order valence-electron chi connectivity index (χ0n) is 16.8. The minimum absolute atomic E-state index is 0.105. The lowest BCUT2D eigenvalue weighted by molar-refractivity contribution is 0.0159. The Kier molecular flexibility index (Phi) is 6.97. The number of amides is 1. The highest BCUT2D eigenvalue weighted by atomic mass is 79.9. The average molecular weight is 426 g/mol. The van der Waals surface area contributed by atoms with Crippen LogP contribution < -0.4 is 10.2 Å². The molecule has 1 N–H and O–H groups in total. The SMILES string of the molecule is CC(C)NCc1cc(Br)ccc1N1CCN(C(=O)OC(C)(C)C)C(C)C1. The normalized spacial score (nSPS) is 18.4. The number of hydrogen-bond donors (Lipinski definition) is 1. The Morgan fingerprint density at radius 1 is 1.35 bits per heavy atom. The van der Waals surface area contributed by atoms with Gasteiger partial charge < -0.3 is 19.9 Å². The second-order valence-electron chi connectivity index (χ2n) is 8.28. The van der Waals surface area contributed by atoms with Gasteiger partial charge in [0.15, 0.2) is 0 Å². The van der Waals surface area contributed by atoms with Gasteiger partial charge in [-0.25, -0.2) is 4.79 Å². The van der Waals surface area contributed by atoms with Crippen molar-refractivity contribution in [2.24, 2.45) is 0 Å². The van der Waals surface area contributed by atoms with E-state index in [9.17, 15) is 4.79 Å². The molecule has 1 aromatic carbocycles. The molecule has 6 heteroatoms. The molecule has 0 spiro atoms. The third-order valence-corrected chi connectivity index (χ3v) is 4.83. The molecule has 1 saturated heterocycles. The van der Waals surface area contributed by atoms with Crippen LogP contribution in [0.2, 0.25) is 0 Å². The van der Waals surface area contributed by atoms with Crippen molar-refractivity contribution in [1.29, 1.82) is 0 Å².